The molecular weight excluding hydrogens is 282 g/mol. The van der Waals surface area contributed by atoms with Crippen LogP contribution in [0.15, 0.2) is 36.5 Å². The lowest BCUT2D eigenvalue weighted by molar-refractivity contribution is -0.141. The third kappa shape index (κ3) is 2.59. The predicted octanol–water partition coefficient (Wildman–Crippen LogP) is 1.73. The molecule has 1 N–H and O–H groups in total. The monoisotopic (exact) mass is 299 g/mol. The summed E-state index contributed by atoms with van der Waals surface area (Å²) in [6.07, 6.45) is 2.22. The number of hydrogen-bond donors (Lipinski definition) is 1. The van der Waals surface area contributed by atoms with Gasteiger partial charge in [-0.2, -0.15) is 5.10 Å². The molecule has 1 fully saturated rings. The summed E-state index contributed by atoms with van der Waals surface area (Å²) in [4.78, 5) is 25.2. The van der Waals surface area contributed by atoms with Gasteiger partial charge in [-0.1, -0.05) is 18.2 Å². The first-order chi connectivity index (χ1) is 10.6. The van der Waals surface area contributed by atoms with Crippen molar-refractivity contribution in [2.75, 3.05) is 13.1 Å². The van der Waals surface area contributed by atoms with Gasteiger partial charge in [-0.25, -0.2) is 4.68 Å². The van der Waals surface area contributed by atoms with Crippen molar-refractivity contribution in [3.05, 3.63) is 47.8 Å². The minimum Gasteiger partial charge on any atom is -0.481 e. The molecule has 1 aliphatic rings. The Bertz CT molecular complexity index is 709. The van der Waals surface area contributed by atoms with Crippen LogP contribution in [0.3, 0.4) is 0 Å². The van der Waals surface area contributed by atoms with Gasteiger partial charge in [0.1, 0.15) is 0 Å². The molecule has 2 heterocycles. The summed E-state index contributed by atoms with van der Waals surface area (Å²) in [5, 5.41) is 13.4. The number of para-hydroxylation sites is 1. The van der Waals surface area contributed by atoms with E-state index in [1.54, 1.807) is 22.7 Å². The van der Waals surface area contributed by atoms with Crippen molar-refractivity contribution in [2.24, 2.45) is 5.92 Å². The number of likely N-dealkylation sites (tertiary alicyclic amines) is 1. The number of aliphatic carboxylic acids is 1. The van der Waals surface area contributed by atoms with Crippen LogP contribution in [-0.4, -0.2) is 44.8 Å². The van der Waals surface area contributed by atoms with Crippen LogP contribution in [0, 0.1) is 12.8 Å². The zero-order valence-corrected chi connectivity index (χ0v) is 12.3. The summed E-state index contributed by atoms with van der Waals surface area (Å²) in [7, 11) is 0. The Labute approximate surface area is 128 Å². The fourth-order valence-corrected chi connectivity index (χ4v) is 2.70. The van der Waals surface area contributed by atoms with Crippen LogP contribution >= 0.6 is 0 Å². The van der Waals surface area contributed by atoms with Crippen LogP contribution in [0.25, 0.3) is 5.69 Å². The van der Waals surface area contributed by atoms with Gasteiger partial charge < -0.3 is 10.0 Å². The SMILES string of the molecule is Cc1nn(-c2ccccc2)cc1C(=O)N1CC[C@H](C(=O)O)C1. The van der Waals surface area contributed by atoms with Crippen molar-refractivity contribution in [1.82, 2.24) is 14.7 Å². The zero-order valence-electron chi connectivity index (χ0n) is 12.3. The Hall–Kier alpha value is -2.63. The van der Waals surface area contributed by atoms with Crippen LogP contribution in [0.5, 0.6) is 0 Å². The number of hydrogen-bond acceptors (Lipinski definition) is 3. The average Bonchev–Trinajstić information content (AvgIpc) is 3.14. The van der Waals surface area contributed by atoms with Gasteiger partial charge in [0, 0.05) is 19.3 Å². The lowest BCUT2D eigenvalue weighted by atomic mass is 10.1. The molecule has 3 rings (SSSR count). The third-order valence-electron chi connectivity index (χ3n) is 3.97. The minimum absolute atomic E-state index is 0.150. The van der Waals surface area contributed by atoms with Crippen LogP contribution in [0.1, 0.15) is 22.5 Å². The van der Waals surface area contributed by atoms with Crippen LogP contribution in [0.2, 0.25) is 0 Å². The quantitative estimate of drug-likeness (QED) is 0.936. The van der Waals surface area contributed by atoms with E-state index in [1.165, 1.54) is 0 Å². The first-order valence-corrected chi connectivity index (χ1v) is 7.20. The fourth-order valence-electron chi connectivity index (χ4n) is 2.70. The van der Waals surface area contributed by atoms with E-state index < -0.39 is 11.9 Å². The molecule has 6 nitrogen and oxygen atoms in total. The topological polar surface area (TPSA) is 75.4 Å². The lowest BCUT2D eigenvalue weighted by Crippen LogP contribution is -2.30. The van der Waals surface area contributed by atoms with Gasteiger partial charge in [-0.05, 0) is 25.5 Å². The molecule has 0 aliphatic carbocycles. The Morgan fingerprint density at radius 3 is 2.64 bits per heavy atom. The van der Waals surface area contributed by atoms with E-state index in [1.807, 2.05) is 30.3 Å². The van der Waals surface area contributed by atoms with Crippen LogP contribution in [0.4, 0.5) is 0 Å². The number of carboxylic acid groups (broad SMARTS) is 1. The summed E-state index contributed by atoms with van der Waals surface area (Å²) in [5.74, 6) is -1.45. The van der Waals surface area contributed by atoms with E-state index in [0.29, 0.717) is 24.2 Å². The lowest BCUT2D eigenvalue weighted by Gasteiger charge is -2.14. The molecule has 6 heteroatoms. The molecule has 2 aromatic rings. The molecule has 0 bridgehead atoms. The Morgan fingerprint density at radius 2 is 2.00 bits per heavy atom. The summed E-state index contributed by atoms with van der Waals surface area (Å²) < 4.78 is 1.67. The summed E-state index contributed by atoms with van der Waals surface area (Å²) in [5.41, 5.74) is 2.05. The number of nitrogens with zero attached hydrogens (tertiary/aromatic N) is 3. The summed E-state index contributed by atoms with van der Waals surface area (Å²) >= 11 is 0. The van der Waals surface area contributed by atoms with E-state index >= 15 is 0 Å². The second-order valence-corrected chi connectivity index (χ2v) is 5.48. The van der Waals surface area contributed by atoms with Crippen LogP contribution in [-0.2, 0) is 4.79 Å². The van der Waals surface area contributed by atoms with Gasteiger partial charge in [-0.15, -0.1) is 0 Å². The maximum absolute atomic E-state index is 12.6. The first-order valence-electron chi connectivity index (χ1n) is 7.20. The molecule has 22 heavy (non-hydrogen) atoms. The fraction of sp³-hybridized carbons (Fsp3) is 0.312. The molecule has 0 saturated carbocycles. The molecule has 0 radical (unpaired) electrons. The molecule has 1 aromatic heterocycles. The Balaban J connectivity index is 1.82. The van der Waals surface area contributed by atoms with Crippen molar-refractivity contribution in [2.45, 2.75) is 13.3 Å². The second-order valence-electron chi connectivity index (χ2n) is 5.48. The number of aryl methyl sites for hydroxylation is 1. The van der Waals surface area contributed by atoms with Gasteiger partial charge in [0.2, 0.25) is 0 Å². The van der Waals surface area contributed by atoms with Crippen molar-refractivity contribution < 1.29 is 14.7 Å². The van der Waals surface area contributed by atoms with Crippen molar-refractivity contribution in [3.8, 4) is 5.69 Å². The van der Waals surface area contributed by atoms with Gasteiger partial charge in [0.25, 0.3) is 5.91 Å². The average molecular weight is 299 g/mol. The first kappa shape index (κ1) is 14.3. The largest absolute Gasteiger partial charge is 0.481 e. The molecule has 1 aromatic carbocycles. The van der Waals surface area contributed by atoms with E-state index in [2.05, 4.69) is 5.10 Å². The van der Waals surface area contributed by atoms with Crippen molar-refractivity contribution in [1.29, 1.82) is 0 Å². The normalized spacial score (nSPS) is 17.7. The molecule has 1 aliphatic heterocycles. The molecule has 1 amide bonds. The molecule has 1 atom stereocenters. The standard InChI is InChI=1S/C16H17N3O3/c1-11-14(10-19(17-11)13-5-3-2-4-6-13)15(20)18-8-7-12(9-18)16(21)22/h2-6,10,12H,7-9H2,1H3,(H,21,22)/t12-/m0/s1. The van der Waals surface area contributed by atoms with Crippen molar-refractivity contribution >= 4 is 11.9 Å². The highest BCUT2D eigenvalue weighted by Gasteiger charge is 2.32. The van der Waals surface area contributed by atoms with Gasteiger partial charge in [0.05, 0.1) is 22.9 Å². The minimum atomic E-state index is -0.841. The van der Waals surface area contributed by atoms with Gasteiger partial charge in [-0.3, -0.25) is 9.59 Å². The summed E-state index contributed by atoms with van der Waals surface area (Å²) in [6.45, 7) is 2.54. The molecule has 0 unspecified atom stereocenters. The highest BCUT2D eigenvalue weighted by atomic mass is 16.4. The highest BCUT2D eigenvalue weighted by molar-refractivity contribution is 5.95. The number of aromatic nitrogens is 2. The third-order valence-corrected chi connectivity index (χ3v) is 3.97. The Kier molecular flexibility index (Phi) is 3.66. The Morgan fingerprint density at radius 1 is 1.27 bits per heavy atom. The number of amides is 1. The van der Waals surface area contributed by atoms with Gasteiger partial charge >= 0.3 is 5.97 Å². The zero-order chi connectivity index (χ0) is 15.7. The van der Waals surface area contributed by atoms with E-state index in [9.17, 15) is 9.59 Å². The molecule has 0 spiro atoms. The highest BCUT2D eigenvalue weighted by Crippen LogP contribution is 2.21. The molecule has 114 valence electrons. The molecular formula is C16H17N3O3. The van der Waals surface area contributed by atoms with Crippen LogP contribution < -0.4 is 0 Å². The van der Waals surface area contributed by atoms with Gasteiger partial charge in [0.15, 0.2) is 0 Å². The molecule has 1 saturated heterocycles. The number of benzene rings is 1. The predicted molar refractivity (Wildman–Crippen MR) is 79.9 cm³/mol. The van der Waals surface area contributed by atoms with Crippen molar-refractivity contribution in [3.63, 3.8) is 0 Å². The van der Waals surface area contributed by atoms with E-state index in [-0.39, 0.29) is 12.5 Å². The number of carbonyl (C=O) groups excluding carboxylic acids is 1. The summed E-state index contributed by atoms with van der Waals surface area (Å²) in [6, 6.07) is 9.56. The maximum Gasteiger partial charge on any atom is 0.308 e. The second kappa shape index (κ2) is 5.63. The smallest absolute Gasteiger partial charge is 0.308 e. The van der Waals surface area contributed by atoms with E-state index in [4.69, 9.17) is 5.11 Å². The number of carboxylic acids is 1. The van der Waals surface area contributed by atoms with E-state index in [0.717, 1.165) is 5.69 Å². The number of rotatable bonds is 3. The number of carbonyl (C=O) groups is 2. The maximum atomic E-state index is 12.6.